The molecule has 2 atom stereocenters. The lowest BCUT2D eigenvalue weighted by molar-refractivity contribution is 0.383. The van der Waals surface area contributed by atoms with Gasteiger partial charge in [-0.05, 0) is 36.5 Å². The summed E-state index contributed by atoms with van der Waals surface area (Å²) >= 11 is 0. The van der Waals surface area contributed by atoms with Gasteiger partial charge in [-0.3, -0.25) is 0 Å². The number of unbranched alkanes of at least 4 members (excludes halogenated alkanes) is 1. The molecule has 0 aliphatic heterocycles. The van der Waals surface area contributed by atoms with Gasteiger partial charge in [-0.15, -0.1) is 0 Å². The highest BCUT2D eigenvalue weighted by atomic mass is 16.5. The normalized spacial score (nSPS) is 14.1. The smallest absolute Gasteiger partial charge is 0.118 e. The van der Waals surface area contributed by atoms with Crippen LogP contribution in [0.2, 0.25) is 0 Å². The fourth-order valence-electron chi connectivity index (χ4n) is 2.56. The van der Waals surface area contributed by atoms with Crippen molar-refractivity contribution in [2.75, 3.05) is 7.11 Å². The molecule has 2 heteroatoms. The van der Waals surface area contributed by atoms with Crippen LogP contribution in [0.25, 0.3) is 0 Å². The Morgan fingerprint density at radius 3 is 2.37 bits per heavy atom. The third-order valence-electron chi connectivity index (χ3n) is 3.84. The number of hydrogen-bond donors (Lipinski definition) is 1. The minimum absolute atomic E-state index is 0.273. The van der Waals surface area contributed by atoms with Gasteiger partial charge in [0.1, 0.15) is 5.75 Å². The van der Waals surface area contributed by atoms with Gasteiger partial charge in [-0.25, -0.2) is 0 Å². The first kappa shape index (κ1) is 16.0. The number of methoxy groups -OCH3 is 1. The first-order valence-electron chi connectivity index (χ1n) is 7.58. The molecule has 0 fully saturated rings. The Labute approximate surface area is 118 Å². The Bertz CT molecular complexity index is 334. The van der Waals surface area contributed by atoms with E-state index >= 15 is 0 Å². The van der Waals surface area contributed by atoms with Crippen LogP contribution in [-0.2, 0) is 6.42 Å². The first-order chi connectivity index (χ1) is 9.19. The van der Waals surface area contributed by atoms with Crippen molar-refractivity contribution in [3.8, 4) is 5.75 Å². The van der Waals surface area contributed by atoms with Crippen LogP contribution in [0, 0.1) is 5.92 Å². The highest BCUT2D eigenvalue weighted by molar-refractivity contribution is 5.27. The summed E-state index contributed by atoms with van der Waals surface area (Å²) < 4.78 is 5.17. The van der Waals surface area contributed by atoms with Gasteiger partial charge in [-0.2, -0.15) is 0 Å². The van der Waals surface area contributed by atoms with Gasteiger partial charge in [0.05, 0.1) is 7.11 Å². The summed E-state index contributed by atoms with van der Waals surface area (Å²) in [7, 11) is 1.69. The van der Waals surface area contributed by atoms with E-state index < -0.39 is 0 Å². The molecule has 1 rings (SSSR count). The predicted octanol–water partition coefficient (Wildman–Crippen LogP) is 4.17. The Hall–Kier alpha value is -1.02. The second-order valence-corrected chi connectivity index (χ2v) is 5.46. The van der Waals surface area contributed by atoms with Gasteiger partial charge in [-0.1, -0.05) is 51.7 Å². The van der Waals surface area contributed by atoms with Gasteiger partial charge in [0.2, 0.25) is 0 Å². The molecule has 1 aromatic rings. The van der Waals surface area contributed by atoms with E-state index in [0.29, 0.717) is 0 Å². The highest BCUT2D eigenvalue weighted by Crippen LogP contribution is 2.20. The van der Waals surface area contributed by atoms with Crippen LogP contribution in [0.3, 0.4) is 0 Å². The molecule has 0 aliphatic carbocycles. The second-order valence-electron chi connectivity index (χ2n) is 5.46. The average molecular weight is 263 g/mol. The van der Waals surface area contributed by atoms with Crippen molar-refractivity contribution in [2.45, 2.75) is 58.4 Å². The minimum atomic E-state index is 0.273. The molecule has 0 bridgehead atoms. The van der Waals surface area contributed by atoms with Crippen LogP contribution in [0.5, 0.6) is 5.75 Å². The maximum atomic E-state index is 6.29. The van der Waals surface area contributed by atoms with E-state index in [0.717, 1.165) is 24.5 Å². The van der Waals surface area contributed by atoms with Crippen molar-refractivity contribution in [2.24, 2.45) is 11.7 Å². The molecular weight excluding hydrogens is 234 g/mol. The Kier molecular flexibility index (Phi) is 7.57. The van der Waals surface area contributed by atoms with Crippen molar-refractivity contribution in [3.05, 3.63) is 29.8 Å². The summed E-state index contributed by atoms with van der Waals surface area (Å²) in [6.45, 7) is 4.53. The first-order valence-corrected chi connectivity index (χ1v) is 7.58. The maximum absolute atomic E-state index is 6.29. The monoisotopic (exact) mass is 263 g/mol. The summed E-state index contributed by atoms with van der Waals surface area (Å²) in [6, 6.07) is 8.53. The molecule has 19 heavy (non-hydrogen) atoms. The molecule has 0 amide bonds. The van der Waals surface area contributed by atoms with Crippen LogP contribution in [0.4, 0.5) is 0 Å². The van der Waals surface area contributed by atoms with Crippen LogP contribution in [0.1, 0.15) is 51.5 Å². The number of ether oxygens (including phenoxy) is 1. The second kappa shape index (κ2) is 8.98. The fourth-order valence-corrected chi connectivity index (χ4v) is 2.56. The van der Waals surface area contributed by atoms with Gasteiger partial charge >= 0.3 is 0 Å². The Morgan fingerprint density at radius 1 is 1.16 bits per heavy atom. The third kappa shape index (κ3) is 6.11. The number of hydrogen-bond acceptors (Lipinski definition) is 2. The van der Waals surface area contributed by atoms with Crippen LogP contribution in [0.15, 0.2) is 24.3 Å². The van der Waals surface area contributed by atoms with Crippen molar-refractivity contribution in [3.63, 3.8) is 0 Å². The predicted molar refractivity (Wildman–Crippen MR) is 82.6 cm³/mol. The molecule has 0 aliphatic rings. The molecule has 0 saturated carbocycles. The van der Waals surface area contributed by atoms with Crippen molar-refractivity contribution in [1.29, 1.82) is 0 Å². The lowest BCUT2D eigenvalue weighted by atomic mass is 9.90. The Balaban J connectivity index is 2.41. The molecule has 0 saturated heterocycles. The van der Waals surface area contributed by atoms with E-state index in [2.05, 4.69) is 26.0 Å². The molecule has 2 N–H and O–H groups in total. The molecular formula is C17H29NO. The van der Waals surface area contributed by atoms with Gasteiger partial charge in [0.25, 0.3) is 0 Å². The molecule has 0 heterocycles. The van der Waals surface area contributed by atoms with Gasteiger partial charge in [0.15, 0.2) is 0 Å². The van der Waals surface area contributed by atoms with Crippen LogP contribution in [-0.4, -0.2) is 13.2 Å². The molecule has 2 nitrogen and oxygen atoms in total. The van der Waals surface area contributed by atoms with E-state index in [1.54, 1.807) is 7.11 Å². The molecule has 0 radical (unpaired) electrons. The lowest BCUT2D eigenvalue weighted by Crippen LogP contribution is -2.26. The molecule has 108 valence electrons. The minimum Gasteiger partial charge on any atom is -0.497 e. The Morgan fingerprint density at radius 2 is 1.84 bits per heavy atom. The number of rotatable bonds is 9. The van der Waals surface area contributed by atoms with Crippen molar-refractivity contribution >= 4 is 0 Å². The molecule has 2 unspecified atom stereocenters. The fraction of sp³-hybridized carbons (Fsp3) is 0.647. The zero-order chi connectivity index (χ0) is 14.1. The van der Waals surface area contributed by atoms with Crippen molar-refractivity contribution < 1.29 is 4.74 Å². The summed E-state index contributed by atoms with van der Waals surface area (Å²) in [6.07, 6.45) is 7.28. The molecule has 1 aromatic carbocycles. The summed E-state index contributed by atoms with van der Waals surface area (Å²) in [4.78, 5) is 0. The SMILES string of the molecule is CCCCC(CC)CC(N)Cc1ccc(OC)cc1. The third-order valence-corrected chi connectivity index (χ3v) is 3.84. The van der Waals surface area contributed by atoms with Crippen LogP contribution >= 0.6 is 0 Å². The molecule has 0 aromatic heterocycles. The van der Waals surface area contributed by atoms with E-state index in [9.17, 15) is 0 Å². The van der Waals surface area contributed by atoms with E-state index in [1.165, 1.54) is 31.2 Å². The highest BCUT2D eigenvalue weighted by Gasteiger charge is 2.12. The maximum Gasteiger partial charge on any atom is 0.118 e. The summed E-state index contributed by atoms with van der Waals surface area (Å²) in [5.41, 5.74) is 7.60. The summed E-state index contributed by atoms with van der Waals surface area (Å²) in [5, 5.41) is 0. The quantitative estimate of drug-likeness (QED) is 0.725. The largest absolute Gasteiger partial charge is 0.497 e. The lowest BCUT2D eigenvalue weighted by Gasteiger charge is -2.19. The van der Waals surface area contributed by atoms with E-state index in [4.69, 9.17) is 10.5 Å². The standard InChI is InChI=1S/C17H29NO/c1-4-6-7-14(5-2)12-16(18)13-15-8-10-17(19-3)11-9-15/h8-11,14,16H,4-7,12-13,18H2,1-3H3. The van der Waals surface area contributed by atoms with E-state index in [-0.39, 0.29) is 6.04 Å². The van der Waals surface area contributed by atoms with Crippen molar-refractivity contribution in [1.82, 2.24) is 0 Å². The van der Waals surface area contributed by atoms with Gasteiger partial charge in [0, 0.05) is 6.04 Å². The molecule has 0 spiro atoms. The number of benzene rings is 1. The summed E-state index contributed by atoms with van der Waals surface area (Å²) in [5.74, 6) is 1.69. The van der Waals surface area contributed by atoms with E-state index in [1.807, 2.05) is 12.1 Å². The van der Waals surface area contributed by atoms with Gasteiger partial charge < -0.3 is 10.5 Å². The zero-order valence-corrected chi connectivity index (χ0v) is 12.7. The number of nitrogens with two attached hydrogens (primary N) is 1. The average Bonchev–Trinajstić information content (AvgIpc) is 2.44. The topological polar surface area (TPSA) is 35.2 Å². The zero-order valence-electron chi connectivity index (χ0n) is 12.7. The van der Waals surface area contributed by atoms with Crippen LogP contribution < -0.4 is 10.5 Å².